The fourth-order valence-electron chi connectivity index (χ4n) is 1.72. The van der Waals surface area contributed by atoms with Gasteiger partial charge in [0.05, 0.1) is 16.6 Å². The average Bonchev–Trinajstić information content (AvgIpc) is 2.68. The van der Waals surface area contributed by atoms with Gasteiger partial charge in [0.25, 0.3) is 0 Å². The summed E-state index contributed by atoms with van der Waals surface area (Å²) in [5.41, 5.74) is 6.58. The molecule has 1 unspecified atom stereocenters. The van der Waals surface area contributed by atoms with Crippen LogP contribution in [0.4, 0.5) is 13.2 Å². The Balaban J connectivity index is 2.40. The number of rotatable bonds is 2. The molecule has 0 fully saturated rings. The number of nitrogens with two attached hydrogens (primary N) is 1. The van der Waals surface area contributed by atoms with Crippen molar-refractivity contribution >= 4 is 22.9 Å². The van der Waals surface area contributed by atoms with Crippen molar-refractivity contribution in [2.24, 2.45) is 5.73 Å². The number of halogens is 4. The number of alkyl halides is 3. The summed E-state index contributed by atoms with van der Waals surface area (Å²) < 4.78 is 38.0. The van der Waals surface area contributed by atoms with Gasteiger partial charge in [-0.15, -0.1) is 11.3 Å². The first-order valence-electron chi connectivity index (χ1n) is 5.47. The van der Waals surface area contributed by atoms with Gasteiger partial charge >= 0.3 is 6.18 Å². The van der Waals surface area contributed by atoms with Crippen molar-refractivity contribution in [1.82, 2.24) is 0 Å². The van der Waals surface area contributed by atoms with Crippen molar-refractivity contribution in [1.29, 1.82) is 0 Å². The predicted octanol–water partition coefficient (Wildman–Crippen LogP) is 4.78. The number of hydrogen-bond donors (Lipinski definition) is 1. The van der Waals surface area contributed by atoms with E-state index in [1.165, 1.54) is 17.4 Å². The average molecular weight is 306 g/mol. The van der Waals surface area contributed by atoms with Crippen LogP contribution in [-0.2, 0) is 6.18 Å². The molecule has 2 rings (SSSR count). The van der Waals surface area contributed by atoms with Crippen LogP contribution in [0.5, 0.6) is 0 Å². The number of hydrogen-bond acceptors (Lipinski definition) is 2. The SMILES string of the molecule is Cc1csc(C(N)c2cccc(C(F)(F)F)c2)c1Cl. The zero-order chi connectivity index (χ0) is 14.2. The third kappa shape index (κ3) is 2.94. The minimum absolute atomic E-state index is 0.401. The van der Waals surface area contributed by atoms with Crippen molar-refractivity contribution in [3.05, 3.63) is 56.2 Å². The number of thiophene rings is 1. The molecule has 19 heavy (non-hydrogen) atoms. The second-order valence-corrected chi connectivity index (χ2v) is 5.49. The molecule has 1 atom stereocenters. The minimum Gasteiger partial charge on any atom is -0.320 e. The molecule has 2 aromatic rings. The fourth-order valence-corrected chi connectivity index (χ4v) is 3.06. The lowest BCUT2D eigenvalue weighted by Crippen LogP contribution is -2.13. The smallest absolute Gasteiger partial charge is 0.320 e. The molecule has 0 saturated heterocycles. The zero-order valence-corrected chi connectivity index (χ0v) is 11.5. The van der Waals surface area contributed by atoms with Gasteiger partial charge in [0, 0.05) is 4.88 Å². The Morgan fingerprint density at radius 3 is 2.53 bits per heavy atom. The summed E-state index contributed by atoms with van der Waals surface area (Å²) in [6, 6.07) is 4.37. The maximum atomic E-state index is 12.7. The standard InChI is InChI=1S/C13H11ClF3NS/c1-7-6-19-12(10(7)14)11(18)8-3-2-4-9(5-8)13(15,16)17/h2-6,11H,18H2,1H3. The fraction of sp³-hybridized carbons (Fsp3) is 0.231. The molecule has 1 nitrogen and oxygen atoms in total. The molecule has 1 heterocycles. The lowest BCUT2D eigenvalue weighted by Gasteiger charge is -2.14. The van der Waals surface area contributed by atoms with E-state index in [0.717, 1.165) is 17.7 Å². The Kier molecular flexibility index (Phi) is 3.90. The summed E-state index contributed by atoms with van der Waals surface area (Å²) in [4.78, 5) is 0.679. The van der Waals surface area contributed by atoms with Gasteiger partial charge in [-0.05, 0) is 35.6 Å². The van der Waals surface area contributed by atoms with Crippen molar-refractivity contribution in [2.75, 3.05) is 0 Å². The van der Waals surface area contributed by atoms with E-state index in [1.54, 1.807) is 6.07 Å². The molecule has 0 radical (unpaired) electrons. The molecule has 1 aromatic carbocycles. The van der Waals surface area contributed by atoms with Crippen molar-refractivity contribution in [2.45, 2.75) is 19.1 Å². The lowest BCUT2D eigenvalue weighted by atomic mass is 10.0. The van der Waals surface area contributed by atoms with E-state index in [2.05, 4.69) is 0 Å². The van der Waals surface area contributed by atoms with E-state index < -0.39 is 17.8 Å². The lowest BCUT2D eigenvalue weighted by molar-refractivity contribution is -0.137. The molecule has 0 amide bonds. The van der Waals surface area contributed by atoms with E-state index in [1.807, 2.05) is 12.3 Å². The van der Waals surface area contributed by atoms with Crippen LogP contribution in [-0.4, -0.2) is 0 Å². The van der Waals surface area contributed by atoms with Gasteiger partial charge in [-0.2, -0.15) is 13.2 Å². The van der Waals surface area contributed by atoms with E-state index >= 15 is 0 Å². The summed E-state index contributed by atoms with van der Waals surface area (Å²) >= 11 is 7.45. The van der Waals surface area contributed by atoms with Crippen molar-refractivity contribution in [3.63, 3.8) is 0 Å². The van der Waals surface area contributed by atoms with Gasteiger partial charge in [0.1, 0.15) is 0 Å². The van der Waals surface area contributed by atoms with E-state index in [0.29, 0.717) is 15.5 Å². The van der Waals surface area contributed by atoms with Crippen LogP contribution in [0.15, 0.2) is 29.6 Å². The van der Waals surface area contributed by atoms with E-state index in [4.69, 9.17) is 17.3 Å². The second kappa shape index (κ2) is 5.15. The molecule has 0 aliphatic carbocycles. The highest BCUT2D eigenvalue weighted by molar-refractivity contribution is 7.10. The highest BCUT2D eigenvalue weighted by atomic mass is 35.5. The molecule has 0 aliphatic heterocycles. The quantitative estimate of drug-likeness (QED) is 0.849. The largest absolute Gasteiger partial charge is 0.416 e. The van der Waals surface area contributed by atoms with Crippen LogP contribution in [0.2, 0.25) is 5.02 Å². The second-order valence-electron chi connectivity index (χ2n) is 4.20. The normalized spacial score (nSPS) is 13.6. The monoisotopic (exact) mass is 305 g/mol. The molecule has 6 heteroatoms. The Morgan fingerprint density at radius 1 is 1.32 bits per heavy atom. The van der Waals surface area contributed by atoms with Gasteiger partial charge in [-0.25, -0.2) is 0 Å². The number of benzene rings is 1. The van der Waals surface area contributed by atoms with Crippen molar-refractivity contribution in [3.8, 4) is 0 Å². The molecule has 2 N–H and O–H groups in total. The van der Waals surface area contributed by atoms with Crippen LogP contribution in [0.1, 0.15) is 27.6 Å². The third-order valence-electron chi connectivity index (χ3n) is 2.78. The third-order valence-corrected chi connectivity index (χ3v) is 4.58. The maximum absolute atomic E-state index is 12.7. The minimum atomic E-state index is -4.37. The molecule has 0 aliphatic rings. The summed E-state index contributed by atoms with van der Waals surface area (Å²) in [5.74, 6) is 0. The van der Waals surface area contributed by atoms with Gasteiger partial charge in [0.2, 0.25) is 0 Å². The van der Waals surface area contributed by atoms with Crippen LogP contribution in [0, 0.1) is 6.92 Å². The molecular formula is C13H11ClF3NS. The van der Waals surface area contributed by atoms with Crippen LogP contribution in [0.3, 0.4) is 0 Å². The van der Waals surface area contributed by atoms with E-state index in [-0.39, 0.29) is 0 Å². The van der Waals surface area contributed by atoms with Crippen LogP contribution < -0.4 is 5.73 Å². The maximum Gasteiger partial charge on any atom is 0.416 e. The molecule has 0 saturated carbocycles. The Morgan fingerprint density at radius 2 is 2.00 bits per heavy atom. The molecular weight excluding hydrogens is 295 g/mol. The van der Waals surface area contributed by atoms with Gasteiger partial charge in [-0.3, -0.25) is 0 Å². The highest BCUT2D eigenvalue weighted by Gasteiger charge is 2.31. The van der Waals surface area contributed by atoms with Crippen LogP contribution >= 0.6 is 22.9 Å². The van der Waals surface area contributed by atoms with E-state index in [9.17, 15) is 13.2 Å². The summed E-state index contributed by atoms with van der Waals surface area (Å²) in [7, 11) is 0. The predicted molar refractivity (Wildman–Crippen MR) is 71.5 cm³/mol. The topological polar surface area (TPSA) is 26.0 Å². The number of aryl methyl sites for hydroxylation is 1. The Labute approximate surface area is 117 Å². The Hall–Kier alpha value is -1.04. The highest BCUT2D eigenvalue weighted by Crippen LogP contribution is 2.36. The van der Waals surface area contributed by atoms with Gasteiger partial charge in [-0.1, -0.05) is 23.7 Å². The van der Waals surface area contributed by atoms with Crippen LogP contribution in [0.25, 0.3) is 0 Å². The first kappa shape index (κ1) is 14.4. The zero-order valence-electron chi connectivity index (χ0n) is 9.96. The first-order valence-corrected chi connectivity index (χ1v) is 6.72. The first-order chi connectivity index (χ1) is 8.80. The molecule has 0 spiro atoms. The Bertz CT molecular complexity index is 592. The molecule has 1 aromatic heterocycles. The van der Waals surface area contributed by atoms with Crippen molar-refractivity contribution < 1.29 is 13.2 Å². The summed E-state index contributed by atoms with van der Waals surface area (Å²) in [6.45, 7) is 1.83. The molecule has 102 valence electrons. The van der Waals surface area contributed by atoms with Gasteiger partial charge in [0.15, 0.2) is 0 Å². The molecule has 0 bridgehead atoms. The summed E-state index contributed by atoms with van der Waals surface area (Å²) in [5, 5.41) is 2.36. The van der Waals surface area contributed by atoms with Gasteiger partial charge < -0.3 is 5.73 Å². The summed E-state index contributed by atoms with van der Waals surface area (Å²) in [6.07, 6.45) is -4.37.